The normalized spacial score (nSPS) is 9.89. The molecule has 0 saturated carbocycles. The highest BCUT2D eigenvalue weighted by atomic mass is 79.9. The van der Waals surface area contributed by atoms with Crippen LogP contribution in [0.4, 0.5) is 10.5 Å². The van der Waals surface area contributed by atoms with Gasteiger partial charge in [0, 0.05) is 23.1 Å². The molecule has 0 fully saturated rings. The van der Waals surface area contributed by atoms with E-state index in [4.69, 9.17) is 5.11 Å². The third-order valence-corrected chi connectivity index (χ3v) is 3.16. The fourth-order valence-corrected chi connectivity index (χ4v) is 1.59. The van der Waals surface area contributed by atoms with Gasteiger partial charge in [-0.05, 0) is 37.1 Å². The van der Waals surface area contributed by atoms with Crippen LogP contribution in [0.3, 0.4) is 0 Å². The number of carbonyl (C=O) groups is 2. The van der Waals surface area contributed by atoms with Crippen molar-refractivity contribution >= 4 is 33.6 Å². The van der Waals surface area contributed by atoms with Gasteiger partial charge in [-0.3, -0.25) is 4.79 Å². The Bertz CT molecular complexity index is 449. The van der Waals surface area contributed by atoms with Crippen molar-refractivity contribution in [3.05, 3.63) is 28.2 Å². The van der Waals surface area contributed by atoms with Crippen molar-refractivity contribution in [2.45, 2.75) is 19.8 Å². The fraction of sp³-hybridized carbons (Fsp3) is 0.333. The summed E-state index contributed by atoms with van der Waals surface area (Å²) in [6.07, 6.45) is 0.472. The maximum atomic E-state index is 11.5. The minimum absolute atomic E-state index is 0.0532. The van der Waals surface area contributed by atoms with E-state index in [1.165, 1.54) is 0 Å². The Balaban J connectivity index is 2.35. The number of aliphatic carboxylic acids is 1. The van der Waals surface area contributed by atoms with E-state index in [1.54, 1.807) is 6.07 Å². The molecule has 0 aliphatic rings. The lowest BCUT2D eigenvalue weighted by Crippen LogP contribution is -2.29. The number of aryl methyl sites for hydroxylation is 1. The molecule has 0 spiro atoms. The Morgan fingerprint density at radius 3 is 2.72 bits per heavy atom. The zero-order valence-electron chi connectivity index (χ0n) is 10.00. The first-order chi connectivity index (χ1) is 8.49. The molecule has 0 aliphatic heterocycles. The molecule has 5 nitrogen and oxygen atoms in total. The Morgan fingerprint density at radius 2 is 2.11 bits per heavy atom. The van der Waals surface area contributed by atoms with Gasteiger partial charge in [-0.2, -0.15) is 0 Å². The van der Waals surface area contributed by atoms with Crippen LogP contribution in [-0.2, 0) is 4.79 Å². The van der Waals surface area contributed by atoms with Gasteiger partial charge in [0.25, 0.3) is 0 Å². The Labute approximate surface area is 114 Å². The molecule has 0 unspecified atom stereocenters. The number of carboxylic acid groups (broad SMARTS) is 1. The van der Waals surface area contributed by atoms with Gasteiger partial charge >= 0.3 is 12.0 Å². The summed E-state index contributed by atoms with van der Waals surface area (Å²) in [6, 6.07) is 5.16. The van der Waals surface area contributed by atoms with Gasteiger partial charge in [-0.15, -0.1) is 0 Å². The molecule has 3 N–H and O–H groups in total. The van der Waals surface area contributed by atoms with Gasteiger partial charge in [0.15, 0.2) is 0 Å². The minimum atomic E-state index is -0.860. The van der Waals surface area contributed by atoms with Crippen LogP contribution in [0.5, 0.6) is 0 Å². The van der Waals surface area contributed by atoms with E-state index in [-0.39, 0.29) is 12.5 Å². The van der Waals surface area contributed by atoms with Crippen LogP contribution in [0, 0.1) is 6.92 Å². The van der Waals surface area contributed by atoms with Crippen molar-refractivity contribution in [2.24, 2.45) is 0 Å². The zero-order chi connectivity index (χ0) is 13.5. The summed E-state index contributed by atoms with van der Waals surface area (Å²) >= 11 is 3.38. The second kappa shape index (κ2) is 7.00. The van der Waals surface area contributed by atoms with Crippen molar-refractivity contribution in [3.63, 3.8) is 0 Å². The largest absolute Gasteiger partial charge is 0.481 e. The Kier molecular flexibility index (Phi) is 5.64. The lowest BCUT2D eigenvalue weighted by molar-refractivity contribution is -0.137. The molecule has 0 atom stereocenters. The summed E-state index contributed by atoms with van der Waals surface area (Å²) in [7, 11) is 0. The maximum absolute atomic E-state index is 11.5. The summed E-state index contributed by atoms with van der Waals surface area (Å²) in [5, 5.41) is 13.7. The van der Waals surface area contributed by atoms with Crippen molar-refractivity contribution in [3.8, 4) is 0 Å². The summed E-state index contributed by atoms with van der Waals surface area (Å²) in [5.41, 5.74) is 1.73. The number of halogens is 1. The number of nitrogens with one attached hydrogen (secondary N) is 2. The number of hydrogen-bond donors (Lipinski definition) is 3. The molecule has 0 aliphatic carbocycles. The number of amides is 2. The lowest BCUT2D eigenvalue weighted by Gasteiger charge is -2.08. The highest BCUT2D eigenvalue weighted by Gasteiger charge is 2.03. The number of carbonyl (C=O) groups excluding carboxylic acids is 1. The summed E-state index contributed by atoms with van der Waals surface area (Å²) in [4.78, 5) is 21.7. The third kappa shape index (κ3) is 5.18. The number of anilines is 1. The van der Waals surface area contributed by atoms with Crippen molar-refractivity contribution < 1.29 is 14.7 Å². The highest BCUT2D eigenvalue weighted by molar-refractivity contribution is 9.10. The molecule has 1 rings (SSSR count). The third-order valence-electron chi connectivity index (χ3n) is 2.27. The smallest absolute Gasteiger partial charge is 0.319 e. The summed E-state index contributed by atoms with van der Waals surface area (Å²) in [5.74, 6) is -0.860. The summed E-state index contributed by atoms with van der Waals surface area (Å²) < 4.78 is 0.981. The van der Waals surface area contributed by atoms with Crippen LogP contribution in [0.25, 0.3) is 0 Å². The molecule has 0 radical (unpaired) electrons. The van der Waals surface area contributed by atoms with E-state index >= 15 is 0 Å². The topological polar surface area (TPSA) is 78.4 Å². The average molecular weight is 315 g/mol. The lowest BCUT2D eigenvalue weighted by atomic mass is 10.2. The van der Waals surface area contributed by atoms with Crippen molar-refractivity contribution in [1.29, 1.82) is 0 Å². The SMILES string of the molecule is Cc1cc(NC(=O)NCCCC(=O)O)ccc1Br. The van der Waals surface area contributed by atoms with Crippen LogP contribution in [-0.4, -0.2) is 23.7 Å². The van der Waals surface area contributed by atoms with E-state index in [0.717, 1.165) is 10.0 Å². The molecule has 98 valence electrons. The van der Waals surface area contributed by atoms with Crippen molar-refractivity contribution in [2.75, 3.05) is 11.9 Å². The molecule has 1 aromatic rings. The predicted molar refractivity (Wildman–Crippen MR) is 72.8 cm³/mol. The number of urea groups is 1. The first-order valence-corrected chi connectivity index (χ1v) is 6.31. The number of carboxylic acids is 1. The Morgan fingerprint density at radius 1 is 1.39 bits per heavy atom. The van der Waals surface area contributed by atoms with E-state index in [2.05, 4.69) is 26.6 Å². The second-order valence-electron chi connectivity index (χ2n) is 3.84. The second-order valence-corrected chi connectivity index (χ2v) is 4.70. The maximum Gasteiger partial charge on any atom is 0.319 e. The quantitative estimate of drug-likeness (QED) is 0.731. The molecule has 6 heteroatoms. The molecule has 0 aromatic heterocycles. The average Bonchev–Trinajstić information content (AvgIpc) is 2.29. The standard InChI is InChI=1S/C12H15BrN2O3/c1-8-7-9(4-5-10(8)13)15-12(18)14-6-2-3-11(16)17/h4-5,7H,2-3,6H2,1H3,(H,16,17)(H2,14,15,18). The Hall–Kier alpha value is -1.56. The van der Waals surface area contributed by atoms with Gasteiger partial charge < -0.3 is 15.7 Å². The first-order valence-electron chi connectivity index (χ1n) is 5.52. The summed E-state index contributed by atoms with van der Waals surface area (Å²) in [6.45, 7) is 2.27. The number of benzene rings is 1. The number of rotatable bonds is 5. The molecular formula is C12H15BrN2O3. The number of hydrogen-bond acceptors (Lipinski definition) is 2. The molecule has 0 bridgehead atoms. The predicted octanol–water partition coefficient (Wildman–Crippen LogP) is 2.74. The van der Waals surface area contributed by atoms with Gasteiger partial charge in [0.05, 0.1) is 0 Å². The molecule has 2 amide bonds. The zero-order valence-corrected chi connectivity index (χ0v) is 11.6. The van der Waals surface area contributed by atoms with Gasteiger partial charge in [-0.1, -0.05) is 15.9 Å². The van der Waals surface area contributed by atoms with Crippen LogP contribution < -0.4 is 10.6 Å². The van der Waals surface area contributed by atoms with Crippen LogP contribution in [0.1, 0.15) is 18.4 Å². The molecule has 1 aromatic carbocycles. The molecule has 0 heterocycles. The highest BCUT2D eigenvalue weighted by Crippen LogP contribution is 2.19. The molecular weight excluding hydrogens is 300 g/mol. The van der Waals surface area contributed by atoms with E-state index < -0.39 is 5.97 Å². The van der Waals surface area contributed by atoms with Crippen molar-refractivity contribution in [1.82, 2.24) is 5.32 Å². The van der Waals surface area contributed by atoms with Crippen LogP contribution >= 0.6 is 15.9 Å². The molecule has 0 saturated heterocycles. The monoisotopic (exact) mass is 314 g/mol. The van der Waals surface area contributed by atoms with E-state index in [1.807, 2.05) is 19.1 Å². The van der Waals surface area contributed by atoms with E-state index in [0.29, 0.717) is 18.7 Å². The van der Waals surface area contributed by atoms with Gasteiger partial charge in [0.2, 0.25) is 0 Å². The van der Waals surface area contributed by atoms with Gasteiger partial charge in [0.1, 0.15) is 0 Å². The van der Waals surface area contributed by atoms with Gasteiger partial charge in [-0.25, -0.2) is 4.79 Å². The first kappa shape index (κ1) is 14.5. The minimum Gasteiger partial charge on any atom is -0.481 e. The van der Waals surface area contributed by atoms with E-state index in [9.17, 15) is 9.59 Å². The molecule has 18 heavy (non-hydrogen) atoms. The van der Waals surface area contributed by atoms with Crippen LogP contribution in [0.2, 0.25) is 0 Å². The fourth-order valence-electron chi connectivity index (χ4n) is 1.34. The van der Waals surface area contributed by atoms with Crippen LogP contribution in [0.15, 0.2) is 22.7 Å².